The molecule has 116 valence electrons. The summed E-state index contributed by atoms with van der Waals surface area (Å²) in [4.78, 5) is 11.3. The number of carbonyl (C=O) groups is 1. The molecule has 0 aromatic heterocycles. The minimum atomic E-state index is -4.93. The van der Waals surface area contributed by atoms with E-state index in [9.17, 15) is 18.0 Å². The molecule has 6 heteroatoms. The van der Waals surface area contributed by atoms with E-state index in [2.05, 4.69) is 0 Å². The SMILES string of the molecule is COc1ccc(C(=O)C(F)(F)F)cc1OCc1ccccc1. The second-order valence-electron chi connectivity index (χ2n) is 4.47. The predicted molar refractivity (Wildman–Crippen MR) is 74.2 cm³/mol. The van der Waals surface area contributed by atoms with Crippen LogP contribution in [0.2, 0.25) is 0 Å². The third-order valence-electron chi connectivity index (χ3n) is 2.92. The molecule has 0 bridgehead atoms. The third-order valence-corrected chi connectivity index (χ3v) is 2.92. The summed E-state index contributed by atoms with van der Waals surface area (Å²) in [7, 11) is 1.37. The molecule has 0 atom stereocenters. The molecule has 0 radical (unpaired) electrons. The van der Waals surface area contributed by atoms with Crippen LogP contribution in [0.25, 0.3) is 0 Å². The van der Waals surface area contributed by atoms with Gasteiger partial charge in [-0.3, -0.25) is 4.79 Å². The highest BCUT2D eigenvalue weighted by Gasteiger charge is 2.39. The van der Waals surface area contributed by atoms with Crippen LogP contribution in [0.1, 0.15) is 15.9 Å². The molecule has 2 aromatic rings. The zero-order valence-electron chi connectivity index (χ0n) is 11.7. The molecule has 2 rings (SSSR count). The maximum atomic E-state index is 12.5. The van der Waals surface area contributed by atoms with Gasteiger partial charge in [0.1, 0.15) is 6.61 Å². The van der Waals surface area contributed by atoms with Crippen LogP contribution in [0.4, 0.5) is 13.2 Å². The lowest BCUT2D eigenvalue weighted by Gasteiger charge is -2.13. The summed E-state index contributed by atoms with van der Waals surface area (Å²) < 4.78 is 47.9. The van der Waals surface area contributed by atoms with Crippen molar-refractivity contribution in [2.45, 2.75) is 12.8 Å². The number of alkyl halides is 3. The monoisotopic (exact) mass is 310 g/mol. The lowest BCUT2D eigenvalue weighted by Crippen LogP contribution is -2.22. The van der Waals surface area contributed by atoms with Gasteiger partial charge >= 0.3 is 6.18 Å². The summed E-state index contributed by atoms with van der Waals surface area (Å²) >= 11 is 0. The zero-order valence-corrected chi connectivity index (χ0v) is 11.7. The van der Waals surface area contributed by atoms with Crippen LogP contribution >= 0.6 is 0 Å². The largest absolute Gasteiger partial charge is 0.493 e. The Balaban J connectivity index is 2.23. The fraction of sp³-hybridized carbons (Fsp3) is 0.188. The van der Waals surface area contributed by atoms with Gasteiger partial charge in [0.15, 0.2) is 11.5 Å². The van der Waals surface area contributed by atoms with Crippen molar-refractivity contribution in [2.75, 3.05) is 7.11 Å². The molecule has 0 fully saturated rings. The van der Waals surface area contributed by atoms with Crippen molar-refractivity contribution in [3.8, 4) is 11.5 Å². The molecule has 0 N–H and O–H groups in total. The van der Waals surface area contributed by atoms with Gasteiger partial charge in [-0.1, -0.05) is 30.3 Å². The summed E-state index contributed by atoms with van der Waals surface area (Å²) in [5, 5.41) is 0. The van der Waals surface area contributed by atoms with Gasteiger partial charge in [-0.15, -0.1) is 0 Å². The third kappa shape index (κ3) is 3.78. The minimum Gasteiger partial charge on any atom is -0.493 e. The van der Waals surface area contributed by atoms with Crippen LogP contribution in [-0.2, 0) is 6.61 Å². The molecule has 0 saturated carbocycles. The first-order chi connectivity index (χ1) is 10.4. The summed E-state index contributed by atoms with van der Waals surface area (Å²) in [5.74, 6) is -1.57. The van der Waals surface area contributed by atoms with Gasteiger partial charge in [0.2, 0.25) is 0 Å². The first-order valence-electron chi connectivity index (χ1n) is 6.38. The number of hydrogen-bond acceptors (Lipinski definition) is 3. The van der Waals surface area contributed by atoms with Gasteiger partial charge in [-0.05, 0) is 23.8 Å². The van der Waals surface area contributed by atoms with Crippen LogP contribution in [0.5, 0.6) is 11.5 Å². The van der Waals surface area contributed by atoms with Gasteiger partial charge in [-0.25, -0.2) is 0 Å². The molecule has 0 unspecified atom stereocenters. The zero-order chi connectivity index (χ0) is 16.2. The fourth-order valence-corrected chi connectivity index (χ4v) is 1.83. The van der Waals surface area contributed by atoms with Crippen molar-refractivity contribution in [3.63, 3.8) is 0 Å². The Morgan fingerprint density at radius 2 is 1.73 bits per heavy atom. The van der Waals surface area contributed by atoms with Crippen molar-refractivity contribution < 1.29 is 27.4 Å². The van der Waals surface area contributed by atoms with E-state index in [0.717, 1.165) is 17.7 Å². The molecule has 0 aliphatic heterocycles. The molecule has 0 amide bonds. The highest BCUT2D eigenvalue weighted by Crippen LogP contribution is 2.31. The number of ketones is 1. The molecule has 0 heterocycles. The maximum absolute atomic E-state index is 12.5. The molecule has 3 nitrogen and oxygen atoms in total. The number of ether oxygens (including phenoxy) is 2. The molecule has 0 spiro atoms. The van der Waals surface area contributed by atoms with Crippen molar-refractivity contribution in [1.82, 2.24) is 0 Å². The van der Waals surface area contributed by atoms with E-state index in [0.29, 0.717) is 0 Å². The first kappa shape index (κ1) is 15.9. The number of benzene rings is 2. The van der Waals surface area contributed by atoms with E-state index in [1.54, 1.807) is 0 Å². The van der Waals surface area contributed by atoms with Crippen LogP contribution in [0.15, 0.2) is 48.5 Å². The maximum Gasteiger partial charge on any atom is 0.454 e. The topological polar surface area (TPSA) is 35.5 Å². The highest BCUT2D eigenvalue weighted by molar-refractivity contribution is 6.00. The summed E-state index contributed by atoms with van der Waals surface area (Å²) in [5.41, 5.74) is 0.355. The Bertz CT molecular complexity index is 651. The molecule has 0 saturated heterocycles. The second kappa shape index (κ2) is 6.51. The quantitative estimate of drug-likeness (QED) is 0.783. The number of Topliss-reactive ketones (excluding diaryl/α,β-unsaturated/α-hetero) is 1. The number of carbonyl (C=O) groups excluding carboxylic acids is 1. The van der Waals surface area contributed by atoms with Gasteiger partial charge < -0.3 is 9.47 Å². The smallest absolute Gasteiger partial charge is 0.454 e. The Morgan fingerprint density at radius 3 is 2.32 bits per heavy atom. The summed E-state index contributed by atoms with van der Waals surface area (Å²) in [6.07, 6.45) is -4.93. The molecule has 22 heavy (non-hydrogen) atoms. The van der Waals surface area contributed by atoms with Crippen molar-refractivity contribution in [1.29, 1.82) is 0 Å². The van der Waals surface area contributed by atoms with Crippen molar-refractivity contribution in [2.24, 2.45) is 0 Å². The Labute approximate surface area is 125 Å². The van der Waals surface area contributed by atoms with E-state index in [1.807, 2.05) is 30.3 Å². The van der Waals surface area contributed by atoms with Gasteiger partial charge in [-0.2, -0.15) is 13.2 Å². The molecule has 0 aliphatic rings. The van der Waals surface area contributed by atoms with Crippen LogP contribution in [0.3, 0.4) is 0 Å². The second-order valence-corrected chi connectivity index (χ2v) is 4.47. The number of methoxy groups -OCH3 is 1. The standard InChI is InChI=1S/C16H13F3O3/c1-21-13-8-7-12(15(20)16(17,18)19)9-14(13)22-10-11-5-3-2-4-6-11/h2-9H,10H2,1H3. The Hall–Kier alpha value is -2.50. The highest BCUT2D eigenvalue weighted by atomic mass is 19.4. The normalized spacial score (nSPS) is 11.1. The van der Waals surface area contributed by atoms with Crippen molar-refractivity contribution in [3.05, 3.63) is 59.7 Å². The predicted octanol–water partition coefficient (Wildman–Crippen LogP) is 4.02. The van der Waals surface area contributed by atoms with Gasteiger partial charge in [0, 0.05) is 5.56 Å². The minimum absolute atomic E-state index is 0.0847. The van der Waals surface area contributed by atoms with E-state index in [-0.39, 0.29) is 18.1 Å². The molecule has 0 aliphatic carbocycles. The summed E-state index contributed by atoms with van der Waals surface area (Å²) in [6.45, 7) is 0.154. The van der Waals surface area contributed by atoms with Gasteiger partial charge in [0.05, 0.1) is 7.11 Å². The average molecular weight is 310 g/mol. The van der Waals surface area contributed by atoms with Crippen LogP contribution < -0.4 is 9.47 Å². The van der Waals surface area contributed by atoms with Gasteiger partial charge in [0.25, 0.3) is 5.78 Å². The van der Waals surface area contributed by atoms with Crippen molar-refractivity contribution >= 4 is 5.78 Å². The van der Waals surface area contributed by atoms with E-state index in [4.69, 9.17) is 9.47 Å². The first-order valence-corrected chi connectivity index (χ1v) is 6.38. The molecular weight excluding hydrogens is 297 g/mol. The average Bonchev–Trinajstić information content (AvgIpc) is 2.52. The Morgan fingerprint density at radius 1 is 1.05 bits per heavy atom. The molecule has 2 aromatic carbocycles. The fourth-order valence-electron chi connectivity index (χ4n) is 1.83. The lowest BCUT2D eigenvalue weighted by atomic mass is 10.1. The lowest BCUT2D eigenvalue weighted by molar-refractivity contribution is -0.0885. The number of halogens is 3. The van der Waals surface area contributed by atoms with Crippen LogP contribution in [-0.4, -0.2) is 19.1 Å². The van der Waals surface area contributed by atoms with Crippen LogP contribution in [0, 0.1) is 0 Å². The van der Waals surface area contributed by atoms with E-state index >= 15 is 0 Å². The van der Waals surface area contributed by atoms with E-state index < -0.39 is 17.5 Å². The summed E-state index contributed by atoms with van der Waals surface area (Å²) in [6, 6.07) is 12.5. The number of hydrogen-bond donors (Lipinski definition) is 0. The number of rotatable bonds is 5. The molecular formula is C16H13F3O3. The Kier molecular flexibility index (Phi) is 4.70. The van der Waals surface area contributed by atoms with E-state index in [1.165, 1.54) is 13.2 Å².